The minimum atomic E-state index is -0.433. The number of aromatic amines is 1. The fourth-order valence-electron chi connectivity index (χ4n) is 3.65. The second kappa shape index (κ2) is 4.20. The Labute approximate surface area is 113 Å². The predicted molar refractivity (Wildman–Crippen MR) is 76.9 cm³/mol. The minimum absolute atomic E-state index is 0.0379. The molecular weight excluding hydrogens is 236 g/mol. The van der Waals surface area contributed by atoms with E-state index in [-0.39, 0.29) is 5.56 Å². The van der Waals surface area contributed by atoms with Crippen molar-refractivity contribution in [2.24, 2.45) is 11.7 Å². The van der Waals surface area contributed by atoms with Gasteiger partial charge < -0.3 is 10.7 Å². The molecule has 100 valence electrons. The number of allylic oxidation sites excluding steroid dienone is 2. The number of hydrogen-bond acceptors (Lipinski definition) is 2. The number of fused-ring (bicyclic) bond motifs is 4. The van der Waals surface area contributed by atoms with Crippen LogP contribution in [0, 0.1) is 5.92 Å². The Hall–Kier alpha value is -1.61. The van der Waals surface area contributed by atoms with E-state index in [0.29, 0.717) is 5.92 Å². The molecule has 0 amide bonds. The van der Waals surface area contributed by atoms with Gasteiger partial charge in [0, 0.05) is 17.7 Å². The lowest BCUT2D eigenvalue weighted by Gasteiger charge is -2.45. The average Bonchev–Trinajstić information content (AvgIpc) is 2.32. The summed E-state index contributed by atoms with van der Waals surface area (Å²) in [7, 11) is 0. The fourth-order valence-corrected chi connectivity index (χ4v) is 3.65. The summed E-state index contributed by atoms with van der Waals surface area (Å²) in [5.41, 5.74) is 11.0. The van der Waals surface area contributed by atoms with E-state index in [2.05, 4.69) is 31.0 Å². The zero-order valence-corrected chi connectivity index (χ0v) is 11.5. The molecule has 1 aromatic rings. The van der Waals surface area contributed by atoms with Gasteiger partial charge in [-0.1, -0.05) is 24.6 Å². The predicted octanol–water partition coefficient (Wildman–Crippen LogP) is 2.39. The highest BCUT2D eigenvalue weighted by molar-refractivity contribution is 5.48. The normalized spacial score (nSPS) is 31.0. The Morgan fingerprint density at radius 3 is 3.05 bits per heavy atom. The van der Waals surface area contributed by atoms with Crippen molar-refractivity contribution in [2.75, 3.05) is 0 Å². The summed E-state index contributed by atoms with van der Waals surface area (Å²) in [6.07, 6.45) is 7.26. The first-order valence-electron chi connectivity index (χ1n) is 6.94. The fraction of sp³-hybridized carbons (Fsp3) is 0.438. The van der Waals surface area contributed by atoms with E-state index >= 15 is 0 Å². The zero-order chi connectivity index (χ0) is 13.6. The molecule has 0 aliphatic heterocycles. The monoisotopic (exact) mass is 256 g/mol. The van der Waals surface area contributed by atoms with E-state index in [4.69, 9.17) is 5.73 Å². The van der Waals surface area contributed by atoms with Gasteiger partial charge in [-0.2, -0.15) is 0 Å². The number of H-pyrrole nitrogens is 1. The van der Waals surface area contributed by atoms with Crippen LogP contribution in [-0.4, -0.2) is 4.98 Å². The summed E-state index contributed by atoms with van der Waals surface area (Å²) in [6, 6.07) is 3.50. The maximum absolute atomic E-state index is 11.5. The Bertz CT molecular complexity index is 638. The van der Waals surface area contributed by atoms with Crippen LogP contribution in [0.1, 0.15) is 37.9 Å². The van der Waals surface area contributed by atoms with Crippen LogP contribution in [-0.2, 0) is 12.0 Å². The van der Waals surface area contributed by atoms with Gasteiger partial charge in [-0.15, -0.1) is 0 Å². The van der Waals surface area contributed by atoms with E-state index in [1.807, 2.05) is 6.07 Å². The number of rotatable bonds is 1. The van der Waals surface area contributed by atoms with Gasteiger partial charge in [0.15, 0.2) is 0 Å². The summed E-state index contributed by atoms with van der Waals surface area (Å²) in [5.74, 6) is 0.337. The molecule has 0 fully saturated rings. The molecule has 3 N–H and O–H groups in total. The van der Waals surface area contributed by atoms with Crippen LogP contribution in [0.25, 0.3) is 0 Å². The van der Waals surface area contributed by atoms with Crippen molar-refractivity contribution in [1.29, 1.82) is 0 Å². The maximum Gasteiger partial charge on any atom is 0.248 e. The first-order chi connectivity index (χ1) is 9.04. The third-order valence-electron chi connectivity index (χ3n) is 4.29. The molecule has 3 nitrogen and oxygen atoms in total. The van der Waals surface area contributed by atoms with Gasteiger partial charge in [0.2, 0.25) is 5.56 Å². The van der Waals surface area contributed by atoms with Crippen molar-refractivity contribution in [1.82, 2.24) is 4.98 Å². The Morgan fingerprint density at radius 1 is 1.53 bits per heavy atom. The molecule has 1 heterocycles. The van der Waals surface area contributed by atoms with Crippen molar-refractivity contribution >= 4 is 0 Å². The van der Waals surface area contributed by atoms with Crippen molar-refractivity contribution in [3.05, 3.63) is 57.0 Å². The molecule has 0 radical (unpaired) electrons. The highest BCUT2D eigenvalue weighted by Gasteiger charge is 2.43. The van der Waals surface area contributed by atoms with Crippen LogP contribution in [0.4, 0.5) is 0 Å². The third-order valence-corrected chi connectivity index (χ3v) is 4.29. The molecule has 3 heteroatoms. The molecule has 1 aromatic heterocycles. The lowest BCUT2D eigenvalue weighted by molar-refractivity contribution is 0.408. The van der Waals surface area contributed by atoms with E-state index < -0.39 is 5.54 Å². The average molecular weight is 256 g/mol. The van der Waals surface area contributed by atoms with Gasteiger partial charge in [0.1, 0.15) is 0 Å². The van der Waals surface area contributed by atoms with Gasteiger partial charge in [0.25, 0.3) is 0 Å². The Kier molecular flexibility index (Phi) is 2.75. The zero-order valence-electron chi connectivity index (χ0n) is 11.5. The summed E-state index contributed by atoms with van der Waals surface area (Å²) < 4.78 is 0. The summed E-state index contributed by atoms with van der Waals surface area (Å²) in [6.45, 7) is 4.29. The standard InChI is InChI=1S/C16H20N2O/c1-3-4-12-11-7-10(2)9-16(12,17)13-5-6-15(19)18-14(13)8-11/h4-7,11H,3,8-9,17H2,1-2H3,(H,18,19)/b12-4+. The number of nitrogens with two attached hydrogens (primary N) is 1. The topological polar surface area (TPSA) is 58.9 Å². The molecule has 0 spiro atoms. The first-order valence-corrected chi connectivity index (χ1v) is 6.94. The van der Waals surface area contributed by atoms with Crippen molar-refractivity contribution in [3.63, 3.8) is 0 Å². The summed E-state index contributed by atoms with van der Waals surface area (Å²) in [4.78, 5) is 14.5. The van der Waals surface area contributed by atoms with Gasteiger partial charge in [-0.25, -0.2) is 0 Å². The maximum atomic E-state index is 11.5. The molecule has 2 bridgehead atoms. The number of pyridine rings is 1. The molecule has 19 heavy (non-hydrogen) atoms. The number of hydrogen-bond donors (Lipinski definition) is 2. The molecule has 2 aliphatic carbocycles. The molecule has 0 saturated carbocycles. The van der Waals surface area contributed by atoms with E-state index in [1.165, 1.54) is 11.1 Å². The Morgan fingerprint density at radius 2 is 2.32 bits per heavy atom. The highest BCUT2D eigenvalue weighted by Crippen LogP contribution is 2.47. The quantitative estimate of drug-likeness (QED) is 0.758. The molecular formula is C16H20N2O. The van der Waals surface area contributed by atoms with Crippen LogP contribution >= 0.6 is 0 Å². The first kappa shape index (κ1) is 12.4. The van der Waals surface area contributed by atoms with E-state index in [0.717, 1.165) is 30.5 Å². The summed E-state index contributed by atoms with van der Waals surface area (Å²) >= 11 is 0. The molecule has 2 atom stereocenters. The highest BCUT2D eigenvalue weighted by atomic mass is 16.1. The van der Waals surface area contributed by atoms with Gasteiger partial charge >= 0.3 is 0 Å². The van der Waals surface area contributed by atoms with Crippen LogP contribution in [0.2, 0.25) is 0 Å². The minimum Gasteiger partial charge on any atom is -0.326 e. The Balaban J connectivity index is 2.25. The van der Waals surface area contributed by atoms with Gasteiger partial charge in [-0.05, 0) is 43.4 Å². The van der Waals surface area contributed by atoms with Crippen LogP contribution in [0.5, 0.6) is 0 Å². The van der Waals surface area contributed by atoms with Crippen molar-refractivity contribution in [3.8, 4) is 0 Å². The van der Waals surface area contributed by atoms with Crippen molar-refractivity contribution < 1.29 is 0 Å². The second-order valence-corrected chi connectivity index (χ2v) is 5.75. The van der Waals surface area contributed by atoms with Crippen LogP contribution in [0.15, 0.2) is 40.2 Å². The molecule has 2 unspecified atom stereocenters. The van der Waals surface area contributed by atoms with Crippen LogP contribution < -0.4 is 11.3 Å². The van der Waals surface area contributed by atoms with Gasteiger partial charge in [-0.3, -0.25) is 4.79 Å². The number of nitrogens with one attached hydrogen (secondary N) is 1. The molecule has 2 aliphatic rings. The summed E-state index contributed by atoms with van der Waals surface area (Å²) in [5, 5.41) is 0. The molecule has 3 rings (SSSR count). The van der Waals surface area contributed by atoms with Crippen molar-refractivity contribution in [2.45, 2.75) is 38.6 Å². The molecule has 0 aromatic carbocycles. The second-order valence-electron chi connectivity index (χ2n) is 5.75. The lowest BCUT2D eigenvalue weighted by atomic mass is 9.63. The molecule has 0 saturated heterocycles. The number of aromatic nitrogens is 1. The van der Waals surface area contributed by atoms with E-state index in [1.54, 1.807) is 6.07 Å². The third kappa shape index (κ3) is 1.80. The smallest absolute Gasteiger partial charge is 0.248 e. The van der Waals surface area contributed by atoms with E-state index in [9.17, 15) is 4.79 Å². The largest absolute Gasteiger partial charge is 0.326 e. The lowest BCUT2D eigenvalue weighted by Crippen LogP contribution is -2.48. The van der Waals surface area contributed by atoms with Crippen LogP contribution in [0.3, 0.4) is 0 Å². The van der Waals surface area contributed by atoms with Gasteiger partial charge in [0.05, 0.1) is 5.54 Å². The SMILES string of the molecule is CC/C=C1\C2C=C(C)CC1(N)c1ccc(=O)[nH]c1C2.